The van der Waals surface area contributed by atoms with Crippen molar-refractivity contribution in [3.63, 3.8) is 0 Å². The van der Waals surface area contributed by atoms with E-state index in [2.05, 4.69) is 0 Å². The molecule has 0 aromatic carbocycles. The van der Waals surface area contributed by atoms with Gasteiger partial charge in [-0.25, -0.2) is 0 Å². The van der Waals surface area contributed by atoms with E-state index in [1.807, 2.05) is 0 Å². The number of rotatable bonds is 0. The topological polar surface area (TPSA) is 138 Å². The summed E-state index contributed by atoms with van der Waals surface area (Å²) in [5, 5.41) is 0. The van der Waals surface area contributed by atoms with Crippen LogP contribution in [0.3, 0.4) is 0 Å². The Morgan fingerprint density at radius 2 is 0.545 bits per heavy atom. The summed E-state index contributed by atoms with van der Waals surface area (Å²) in [5.74, 6) is 0. The van der Waals surface area contributed by atoms with Crippen molar-refractivity contribution < 1.29 is 109 Å². The SMILES string of the molecule is [Cu+2].[Na+].[O-][Cl+][O-].[O-][Cl+][O-].[O-][Cl+][O-]. The van der Waals surface area contributed by atoms with Gasteiger partial charge in [0.25, 0.3) is 0 Å². The molecule has 69 valence electrons. The summed E-state index contributed by atoms with van der Waals surface area (Å²) in [5.41, 5.74) is 0. The van der Waals surface area contributed by atoms with Crippen LogP contribution in [-0.4, -0.2) is 0 Å². The van der Waals surface area contributed by atoms with E-state index in [9.17, 15) is 0 Å². The minimum atomic E-state index is -0.417. The van der Waals surface area contributed by atoms with Gasteiger partial charge in [0.2, 0.25) is 0 Å². The Morgan fingerprint density at radius 1 is 0.545 bits per heavy atom. The molecule has 0 atom stereocenters. The summed E-state index contributed by atoms with van der Waals surface area (Å²) < 4.78 is 49.4. The van der Waals surface area contributed by atoms with Gasteiger partial charge in [-0.05, 0) is 0 Å². The molecule has 0 fully saturated rings. The van der Waals surface area contributed by atoms with Gasteiger partial charge in [0.1, 0.15) is 0 Å². The Balaban J connectivity index is -0.0000000150. The molecule has 0 aliphatic heterocycles. The van der Waals surface area contributed by atoms with E-state index >= 15 is 0 Å². The molecule has 0 aliphatic rings. The average Bonchev–Trinajstić information content (AvgIpc) is 1.70. The molecule has 1 radical (unpaired) electrons. The van der Waals surface area contributed by atoms with Crippen molar-refractivity contribution in [2.24, 2.45) is 0 Å². The van der Waals surface area contributed by atoms with Crippen LogP contribution >= 0.6 is 0 Å². The molecule has 11 heavy (non-hydrogen) atoms. The second-order valence-electron chi connectivity index (χ2n) is 0.189. The molecule has 0 rings (SSSR count). The molecule has 11 heteroatoms. The van der Waals surface area contributed by atoms with Gasteiger partial charge in [-0.2, -0.15) is 0 Å². The fourth-order valence-corrected chi connectivity index (χ4v) is 0. The number of hydrogen-bond donors (Lipinski definition) is 0. The summed E-state index contributed by atoms with van der Waals surface area (Å²) in [4.78, 5) is 0. The zero-order valence-electron chi connectivity index (χ0n) is 4.88. The molecule has 0 spiro atoms. The molecule has 0 saturated carbocycles. The Hall–Kier alpha value is 2.15. The van der Waals surface area contributed by atoms with Crippen molar-refractivity contribution in [3.8, 4) is 0 Å². The Labute approximate surface area is 108 Å². The van der Waals surface area contributed by atoms with Crippen LogP contribution in [0.25, 0.3) is 0 Å². The van der Waals surface area contributed by atoms with Crippen LogP contribution in [0.5, 0.6) is 0 Å². The van der Waals surface area contributed by atoms with E-state index in [1.165, 1.54) is 0 Å². The van der Waals surface area contributed by atoms with Gasteiger partial charge < -0.3 is 28.0 Å². The number of halogens is 3. The molecule has 0 aromatic rings. The van der Waals surface area contributed by atoms with Crippen LogP contribution in [0, 0.1) is 34.0 Å². The summed E-state index contributed by atoms with van der Waals surface area (Å²) in [6, 6.07) is 0. The zero-order valence-corrected chi connectivity index (χ0v) is 10.1. The standard InChI is InChI=1S/3ClO2.Cu.Na/c3*2-1-3;;/q3*-1;+2;+1. The fourth-order valence-electron chi connectivity index (χ4n) is 0. The fraction of sp³-hybridized carbons (Fsp3) is 0. The van der Waals surface area contributed by atoms with Crippen molar-refractivity contribution in [1.82, 2.24) is 0 Å². The molecule has 0 amide bonds. The van der Waals surface area contributed by atoms with Gasteiger partial charge in [0.15, 0.2) is 0 Å². The molecule has 0 unspecified atom stereocenters. The second kappa shape index (κ2) is 57.0. The van der Waals surface area contributed by atoms with E-state index in [-0.39, 0.29) is 46.6 Å². The minimum absolute atomic E-state index is 0. The van der Waals surface area contributed by atoms with Crippen LogP contribution in [0.15, 0.2) is 0 Å². The first-order valence-electron chi connectivity index (χ1n) is 0.926. The third kappa shape index (κ3) is 271. The van der Waals surface area contributed by atoms with Crippen LogP contribution in [0.1, 0.15) is 0 Å². The van der Waals surface area contributed by atoms with Crippen molar-refractivity contribution in [3.05, 3.63) is 0 Å². The van der Waals surface area contributed by atoms with Gasteiger partial charge in [0, 0.05) is 0 Å². The van der Waals surface area contributed by atoms with Crippen molar-refractivity contribution in [1.29, 1.82) is 0 Å². The quantitative estimate of drug-likeness (QED) is 0.406. The average molecular weight is 289 g/mol. The molecule has 0 heterocycles. The summed E-state index contributed by atoms with van der Waals surface area (Å²) in [6.45, 7) is 0. The van der Waals surface area contributed by atoms with E-state index in [4.69, 9.17) is 28.0 Å². The van der Waals surface area contributed by atoms with Crippen molar-refractivity contribution >= 4 is 0 Å². The molecule has 0 aromatic heterocycles. The molecule has 0 aliphatic carbocycles. The Morgan fingerprint density at radius 3 is 0.545 bits per heavy atom. The van der Waals surface area contributed by atoms with Crippen LogP contribution in [0.4, 0.5) is 0 Å². The van der Waals surface area contributed by atoms with E-state index in [0.29, 0.717) is 0 Å². The predicted molar refractivity (Wildman–Crippen MR) is 0 cm³/mol. The van der Waals surface area contributed by atoms with Crippen LogP contribution in [0.2, 0.25) is 0 Å². The predicted octanol–water partition coefficient (Wildman–Crippen LogP) is -10.1. The first kappa shape index (κ1) is 29.2. The van der Waals surface area contributed by atoms with Crippen molar-refractivity contribution in [2.75, 3.05) is 0 Å². The Bertz CT molecular complexity index is 22.5. The van der Waals surface area contributed by atoms with Crippen LogP contribution in [-0.2, 0) is 17.1 Å². The van der Waals surface area contributed by atoms with E-state index in [1.54, 1.807) is 0 Å². The molecule has 0 N–H and O–H groups in total. The summed E-state index contributed by atoms with van der Waals surface area (Å²) >= 11 is -1.25. The maximum absolute atomic E-state index is 8.24. The second-order valence-corrected chi connectivity index (χ2v) is 0.567. The zero-order chi connectivity index (χ0) is 8.12. The summed E-state index contributed by atoms with van der Waals surface area (Å²) in [7, 11) is 0. The van der Waals surface area contributed by atoms with Gasteiger partial charge >= 0.3 is 46.6 Å². The normalized spacial score (nSPS) is 4.91. The Kier molecular flexibility index (Phi) is 151. The van der Waals surface area contributed by atoms with Crippen LogP contribution < -0.4 is 57.5 Å². The smallest absolute Gasteiger partial charge is 0.544 e. The van der Waals surface area contributed by atoms with Gasteiger partial charge in [-0.1, -0.05) is 0 Å². The molecular weight excluding hydrogens is 289 g/mol. The minimum Gasteiger partial charge on any atom is -0.544 e. The maximum atomic E-state index is 8.24. The third-order valence-electron chi connectivity index (χ3n) is 0. The summed E-state index contributed by atoms with van der Waals surface area (Å²) in [6.07, 6.45) is 0. The van der Waals surface area contributed by atoms with Crippen molar-refractivity contribution in [2.45, 2.75) is 0 Å². The van der Waals surface area contributed by atoms with E-state index in [0.717, 1.165) is 0 Å². The molecular formula is Cl3CuNaO6. The maximum Gasteiger partial charge on any atom is 2.00 e. The first-order chi connectivity index (χ1) is 4.24. The molecule has 0 bridgehead atoms. The largest absolute Gasteiger partial charge is 2.00 e. The van der Waals surface area contributed by atoms with Gasteiger partial charge in [-0.3, -0.25) is 0 Å². The third-order valence-corrected chi connectivity index (χ3v) is 0. The monoisotopic (exact) mass is 287 g/mol. The number of hydrogen-bond acceptors (Lipinski definition) is 6. The molecule has 0 saturated heterocycles. The van der Waals surface area contributed by atoms with Gasteiger partial charge in [-0.15, -0.1) is 0 Å². The first-order valence-corrected chi connectivity index (χ1v) is 2.78. The van der Waals surface area contributed by atoms with E-state index < -0.39 is 34.0 Å². The van der Waals surface area contributed by atoms with Gasteiger partial charge in [0.05, 0.1) is 34.0 Å². The molecule has 6 nitrogen and oxygen atoms in total.